The van der Waals surface area contributed by atoms with Gasteiger partial charge in [-0.05, 0) is 5.92 Å². The lowest BCUT2D eigenvalue weighted by Crippen LogP contribution is -1.95. The third-order valence-electron chi connectivity index (χ3n) is 8.00. The predicted molar refractivity (Wildman–Crippen MR) is 159 cm³/mol. The van der Waals surface area contributed by atoms with E-state index in [-0.39, 0.29) is 0 Å². The van der Waals surface area contributed by atoms with Crippen LogP contribution in [0.25, 0.3) is 0 Å². The van der Waals surface area contributed by atoms with Crippen molar-refractivity contribution in [1.82, 2.24) is 0 Å². The van der Waals surface area contributed by atoms with Crippen molar-refractivity contribution in [2.75, 3.05) is 0 Å². The van der Waals surface area contributed by atoms with Crippen LogP contribution in [0.4, 0.5) is 0 Å². The minimum atomic E-state index is 0.964. The highest BCUT2D eigenvalue weighted by molar-refractivity contribution is 4.56. The van der Waals surface area contributed by atoms with Gasteiger partial charge >= 0.3 is 0 Å². The average Bonchev–Trinajstić information content (AvgIpc) is 2.84. The Kier molecular flexibility index (Phi) is 31.0. The van der Waals surface area contributed by atoms with Crippen molar-refractivity contribution in [2.24, 2.45) is 5.92 Å². The largest absolute Gasteiger partial charge is 0.0654 e. The van der Waals surface area contributed by atoms with Gasteiger partial charge < -0.3 is 0 Å². The summed E-state index contributed by atoms with van der Waals surface area (Å²) in [7, 11) is 0. The van der Waals surface area contributed by atoms with Gasteiger partial charge in [-0.15, -0.1) is 0 Å². The number of rotatable bonds is 30. The summed E-state index contributed by atoms with van der Waals surface area (Å²) in [4.78, 5) is 0. The fourth-order valence-electron chi connectivity index (χ4n) is 5.45. The van der Waals surface area contributed by atoms with E-state index in [0.717, 1.165) is 12.3 Å². The van der Waals surface area contributed by atoms with Crippen LogP contribution in [0.5, 0.6) is 0 Å². The molecule has 0 aliphatic heterocycles. The third kappa shape index (κ3) is 30.0. The van der Waals surface area contributed by atoms with Gasteiger partial charge in [-0.25, -0.2) is 0 Å². The zero-order chi connectivity index (χ0) is 24.8. The fourth-order valence-corrected chi connectivity index (χ4v) is 5.45. The molecule has 0 spiro atoms. The Bertz CT molecular complexity index is 301. The second-order valence-electron chi connectivity index (χ2n) is 11.7. The summed E-state index contributed by atoms with van der Waals surface area (Å²) in [6.07, 6.45) is 43.6. The lowest BCUT2D eigenvalue weighted by Gasteiger charge is -2.11. The van der Waals surface area contributed by atoms with Crippen molar-refractivity contribution in [3.8, 4) is 0 Å². The van der Waals surface area contributed by atoms with Crippen LogP contribution in [0.2, 0.25) is 0 Å². The van der Waals surface area contributed by atoms with Crippen molar-refractivity contribution in [2.45, 2.75) is 206 Å². The molecule has 0 saturated heterocycles. The molecule has 34 heavy (non-hydrogen) atoms. The van der Waals surface area contributed by atoms with Crippen LogP contribution in [0.1, 0.15) is 206 Å². The Labute approximate surface area is 219 Å². The van der Waals surface area contributed by atoms with E-state index in [4.69, 9.17) is 0 Å². The Morgan fingerprint density at radius 3 is 0.853 bits per heavy atom. The van der Waals surface area contributed by atoms with E-state index < -0.39 is 0 Å². The maximum absolute atomic E-state index is 3.93. The van der Waals surface area contributed by atoms with Gasteiger partial charge in [0.1, 0.15) is 0 Å². The molecule has 0 bridgehead atoms. The molecule has 0 rings (SSSR count). The Balaban J connectivity index is 3.13. The molecule has 0 saturated carbocycles. The quantitative estimate of drug-likeness (QED) is 0.0902. The van der Waals surface area contributed by atoms with Crippen molar-refractivity contribution in [3.05, 3.63) is 6.92 Å². The summed E-state index contributed by atoms with van der Waals surface area (Å²) in [5, 5.41) is 0. The van der Waals surface area contributed by atoms with Gasteiger partial charge in [0.05, 0.1) is 0 Å². The van der Waals surface area contributed by atoms with Crippen LogP contribution in [0.3, 0.4) is 0 Å². The lowest BCUT2D eigenvalue weighted by atomic mass is 9.95. The predicted octanol–water partition coefficient (Wildman–Crippen LogP) is 13.2. The van der Waals surface area contributed by atoms with E-state index in [9.17, 15) is 0 Å². The Hall–Kier alpha value is 0. The van der Waals surface area contributed by atoms with Gasteiger partial charge in [0, 0.05) is 0 Å². The first-order valence-corrected chi connectivity index (χ1v) is 16.6. The number of hydrogen-bond acceptors (Lipinski definition) is 0. The summed E-state index contributed by atoms with van der Waals surface area (Å²) in [5.41, 5.74) is 0. The molecule has 0 aromatic heterocycles. The Morgan fingerprint density at radius 2 is 0.588 bits per heavy atom. The van der Waals surface area contributed by atoms with E-state index in [1.54, 1.807) is 0 Å². The summed E-state index contributed by atoms with van der Waals surface area (Å²) in [6, 6.07) is 0. The van der Waals surface area contributed by atoms with Gasteiger partial charge in [-0.3, -0.25) is 0 Å². The molecule has 0 heteroatoms. The molecule has 1 atom stereocenters. The smallest absolute Gasteiger partial charge is 0.0443 e. The van der Waals surface area contributed by atoms with Crippen molar-refractivity contribution in [1.29, 1.82) is 0 Å². The minimum absolute atomic E-state index is 0.964. The fraction of sp³-hybridized carbons (Fsp3) is 0.971. The van der Waals surface area contributed by atoms with Crippen LogP contribution in [0, 0.1) is 12.8 Å². The average molecular weight is 478 g/mol. The summed E-state index contributed by atoms with van der Waals surface area (Å²) >= 11 is 0. The van der Waals surface area contributed by atoms with Gasteiger partial charge in [-0.2, -0.15) is 0 Å². The van der Waals surface area contributed by atoms with Crippen molar-refractivity contribution in [3.63, 3.8) is 0 Å². The van der Waals surface area contributed by atoms with Gasteiger partial charge in [-0.1, -0.05) is 213 Å². The second kappa shape index (κ2) is 31.0. The van der Waals surface area contributed by atoms with Crippen LogP contribution < -0.4 is 0 Å². The topological polar surface area (TPSA) is 0 Å². The standard InChI is InChI=1S/C34H69/c1-4-6-8-10-12-14-16-18-20-22-24-26-28-30-32-34(3)33-31-29-27-25-23-21-19-17-15-13-11-9-7-5-2/h34H,1,4-33H2,2-3H3. The maximum Gasteiger partial charge on any atom is -0.0443 e. The lowest BCUT2D eigenvalue weighted by molar-refractivity contribution is 0.429. The van der Waals surface area contributed by atoms with E-state index in [1.807, 2.05) is 0 Å². The molecule has 1 radical (unpaired) electrons. The zero-order valence-corrected chi connectivity index (χ0v) is 24.5. The van der Waals surface area contributed by atoms with E-state index in [1.165, 1.54) is 186 Å². The first kappa shape index (κ1) is 34.0. The van der Waals surface area contributed by atoms with E-state index in [0.29, 0.717) is 0 Å². The molecule has 0 heterocycles. The highest BCUT2D eigenvalue weighted by Crippen LogP contribution is 2.19. The highest BCUT2D eigenvalue weighted by Gasteiger charge is 2.02. The van der Waals surface area contributed by atoms with Crippen LogP contribution in [0.15, 0.2) is 0 Å². The Morgan fingerprint density at radius 1 is 0.353 bits per heavy atom. The molecule has 0 nitrogen and oxygen atoms in total. The van der Waals surface area contributed by atoms with Crippen LogP contribution >= 0.6 is 0 Å². The molecule has 0 fully saturated rings. The first-order chi connectivity index (χ1) is 16.8. The monoisotopic (exact) mass is 478 g/mol. The zero-order valence-electron chi connectivity index (χ0n) is 24.5. The van der Waals surface area contributed by atoms with Crippen LogP contribution in [-0.4, -0.2) is 0 Å². The maximum atomic E-state index is 3.93. The van der Waals surface area contributed by atoms with Crippen molar-refractivity contribution >= 4 is 0 Å². The van der Waals surface area contributed by atoms with E-state index >= 15 is 0 Å². The van der Waals surface area contributed by atoms with Gasteiger partial charge in [0.15, 0.2) is 0 Å². The highest BCUT2D eigenvalue weighted by atomic mass is 14.1. The second-order valence-corrected chi connectivity index (χ2v) is 11.7. The summed E-state index contributed by atoms with van der Waals surface area (Å²) < 4.78 is 0. The molecule has 0 aromatic rings. The van der Waals surface area contributed by atoms with E-state index in [2.05, 4.69) is 20.8 Å². The summed E-state index contributed by atoms with van der Waals surface area (Å²) in [6.45, 7) is 8.73. The molecule has 0 N–H and O–H groups in total. The molecule has 0 aromatic carbocycles. The first-order valence-electron chi connectivity index (χ1n) is 16.6. The van der Waals surface area contributed by atoms with Gasteiger partial charge in [0.2, 0.25) is 0 Å². The molecule has 205 valence electrons. The molecule has 1 unspecified atom stereocenters. The normalized spacial score (nSPS) is 11.6. The molecular weight excluding hydrogens is 408 g/mol. The third-order valence-corrected chi connectivity index (χ3v) is 8.00. The van der Waals surface area contributed by atoms with Crippen molar-refractivity contribution < 1.29 is 0 Å². The van der Waals surface area contributed by atoms with Gasteiger partial charge in [0.25, 0.3) is 0 Å². The summed E-state index contributed by atoms with van der Waals surface area (Å²) in [5.74, 6) is 0.964. The molecule has 0 aliphatic rings. The molecular formula is C34H69. The van der Waals surface area contributed by atoms with Crippen LogP contribution in [-0.2, 0) is 0 Å². The molecule has 0 amide bonds. The number of hydrogen-bond donors (Lipinski definition) is 0. The molecule has 0 aliphatic carbocycles. The SMILES string of the molecule is [CH2]CCCCCCCCCCCCCCCC(C)CCCCCCCCCCCCCCCC. The minimum Gasteiger partial charge on any atom is -0.0654 e. The number of unbranched alkanes of at least 4 members (excludes halogenated alkanes) is 26.